The van der Waals surface area contributed by atoms with Crippen LogP contribution in [0.4, 0.5) is 11.4 Å². The van der Waals surface area contributed by atoms with Gasteiger partial charge in [0.05, 0.1) is 12.1 Å². The minimum Gasteiger partial charge on any atom is -0.486 e. The zero-order chi connectivity index (χ0) is 28.1. The number of pyridine rings is 1. The molecule has 1 aliphatic heterocycles. The van der Waals surface area contributed by atoms with Crippen LogP contribution in [0.1, 0.15) is 32.7 Å². The zero-order valence-corrected chi connectivity index (χ0v) is 22.8. The minimum atomic E-state index is -0.291. The fourth-order valence-electron chi connectivity index (χ4n) is 4.30. The van der Waals surface area contributed by atoms with Gasteiger partial charge in [-0.15, -0.1) is 0 Å². The van der Waals surface area contributed by atoms with Crippen LogP contribution in [0, 0.1) is 6.92 Å². The molecule has 0 saturated carbocycles. The molecule has 0 aliphatic carbocycles. The average Bonchev–Trinajstić information content (AvgIpc) is 2.96. The molecule has 206 valence electrons. The highest BCUT2D eigenvalue weighted by Gasteiger charge is 2.16. The molecule has 1 aliphatic rings. The van der Waals surface area contributed by atoms with Crippen LogP contribution in [-0.4, -0.2) is 62.2 Å². The number of carbonyl (C=O) groups is 2. The molecule has 0 unspecified atom stereocenters. The number of rotatable bonds is 9. The number of amides is 2. The molecule has 2 N–H and O–H groups in total. The smallest absolute Gasteiger partial charge is 0.255 e. The third-order valence-corrected chi connectivity index (χ3v) is 6.47. The lowest BCUT2D eigenvalue weighted by Crippen LogP contribution is -2.17. The monoisotopic (exact) mass is 540 g/mol. The summed E-state index contributed by atoms with van der Waals surface area (Å²) in [6, 6.07) is 19.5. The number of hydrogen-bond donors (Lipinski definition) is 2. The number of anilines is 2. The lowest BCUT2D eigenvalue weighted by atomic mass is 10.1. The first-order valence-electron chi connectivity index (χ1n) is 13.2. The topological polar surface area (TPSA) is 102 Å². The second-order valence-electron chi connectivity index (χ2n) is 9.86. The molecular weight excluding hydrogens is 508 g/mol. The lowest BCUT2D eigenvalue weighted by molar-refractivity contribution is 0.101. The van der Waals surface area contributed by atoms with E-state index in [9.17, 15) is 9.59 Å². The quantitative estimate of drug-likeness (QED) is 0.283. The Hall–Kier alpha value is -4.63. The molecule has 9 nitrogen and oxygen atoms in total. The number of ether oxygens (including phenoxy) is 3. The third kappa shape index (κ3) is 6.50. The van der Waals surface area contributed by atoms with E-state index in [1.54, 1.807) is 42.5 Å². The van der Waals surface area contributed by atoms with E-state index in [2.05, 4.69) is 20.5 Å². The van der Waals surface area contributed by atoms with Gasteiger partial charge in [0.25, 0.3) is 11.8 Å². The fourth-order valence-corrected chi connectivity index (χ4v) is 4.30. The van der Waals surface area contributed by atoms with Crippen molar-refractivity contribution in [3.63, 3.8) is 0 Å². The van der Waals surface area contributed by atoms with Crippen LogP contribution < -0.4 is 24.8 Å². The van der Waals surface area contributed by atoms with Crippen LogP contribution in [0.2, 0.25) is 0 Å². The molecule has 2 heterocycles. The van der Waals surface area contributed by atoms with Gasteiger partial charge in [0, 0.05) is 40.5 Å². The van der Waals surface area contributed by atoms with Gasteiger partial charge in [-0.3, -0.25) is 9.59 Å². The minimum absolute atomic E-state index is 0.260. The first-order valence-corrected chi connectivity index (χ1v) is 13.2. The van der Waals surface area contributed by atoms with E-state index in [4.69, 9.17) is 14.2 Å². The van der Waals surface area contributed by atoms with Crippen molar-refractivity contribution in [3.8, 4) is 17.4 Å². The SMILES string of the molecule is Cc1ccc(NC(=O)c2ccc3c(c2)OCCO3)cc1NC(=O)c1ccc2nc(OCCCN(C)C)ccc2c1. The lowest BCUT2D eigenvalue weighted by Gasteiger charge is -2.18. The molecule has 0 saturated heterocycles. The van der Waals surface area contributed by atoms with E-state index in [0.717, 1.165) is 29.4 Å². The maximum atomic E-state index is 13.1. The highest BCUT2D eigenvalue weighted by molar-refractivity contribution is 6.08. The normalized spacial score (nSPS) is 12.3. The van der Waals surface area contributed by atoms with E-state index in [-0.39, 0.29) is 11.8 Å². The van der Waals surface area contributed by atoms with Crippen molar-refractivity contribution in [2.45, 2.75) is 13.3 Å². The number of nitrogens with one attached hydrogen (secondary N) is 2. The zero-order valence-electron chi connectivity index (χ0n) is 22.8. The fraction of sp³-hybridized carbons (Fsp3) is 0.258. The van der Waals surface area contributed by atoms with Crippen LogP contribution in [0.5, 0.6) is 17.4 Å². The number of benzene rings is 3. The van der Waals surface area contributed by atoms with Crippen molar-refractivity contribution in [3.05, 3.63) is 83.4 Å². The van der Waals surface area contributed by atoms with Crippen molar-refractivity contribution in [2.75, 3.05) is 51.1 Å². The number of aryl methyl sites for hydroxylation is 1. The van der Waals surface area contributed by atoms with Gasteiger partial charge in [-0.05, 0) is 87.6 Å². The first kappa shape index (κ1) is 27.0. The summed E-state index contributed by atoms with van der Waals surface area (Å²) in [5.41, 5.74) is 3.72. The molecule has 0 fully saturated rings. The number of fused-ring (bicyclic) bond motifs is 2. The van der Waals surface area contributed by atoms with Gasteiger partial charge >= 0.3 is 0 Å². The summed E-state index contributed by atoms with van der Waals surface area (Å²) in [6.07, 6.45) is 0.911. The van der Waals surface area contributed by atoms with Crippen molar-refractivity contribution in [2.24, 2.45) is 0 Å². The maximum Gasteiger partial charge on any atom is 0.255 e. The summed E-state index contributed by atoms with van der Waals surface area (Å²) in [5, 5.41) is 6.69. The molecule has 4 aromatic rings. The molecule has 9 heteroatoms. The third-order valence-electron chi connectivity index (χ3n) is 6.47. The Morgan fingerprint density at radius 2 is 1.62 bits per heavy atom. The van der Waals surface area contributed by atoms with Gasteiger partial charge in [0.1, 0.15) is 13.2 Å². The average molecular weight is 541 g/mol. The van der Waals surface area contributed by atoms with Crippen LogP contribution in [0.15, 0.2) is 66.7 Å². The van der Waals surface area contributed by atoms with Crippen LogP contribution in [-0.2, 0) is 0 Å². The second-order valence-corrected chi connectivity index (χ2v) is 9.86. The van der Waals surface area contributed by atoms with Gasteiger partial charge in [-0.1, -0.05) is 6.07 Å². The number of carbonyl (C=O) groups excluding carboxylic acids is 2. The van der Waals surface area contributed by atoms with Crippen molar-refractivity contribution >= 4 is 34.1 Å². The summed E-state index contributed by atoms with van der Waals surface area (Å²) in [6.45, 7) is 4.36. The largest absolute Gasteiger partial charge is 0.486 e. The Kier molecular flexibility index (Phi) is 8.12. The summed E-state index contributed by atoms with van der Waals surface area (Å²) < 4.78 is 16.9. The number of aromatic nitrogens is 1. The summed E-state index contributed by atoms with van der Waals surface area (Å²) in [5.74, 6) is 1.18. The molecule has 0 radical (unpaired) electrons. The molecule has 5 rings (SSSR count). The second kappa shape index (κ2) is 12.0. The van der Waals surface area contributed by atoms with E-state index in [0.29, 0.717) is 59.7 Å². The van der Waals surface area contributed by atoms with Crippen LogP contribution >= 0.6 is 0 Å². The molecular formula is C31H32N4O5. The van der Waals surface area contributed by atoms with E-state index >= 15 is 0 Å². The van der Waals surface area contributed by atoms with E-state index in [1.165, 1.54) is 0 Å². The summed E-state index contributed by atoms with van der Waals surface area (Å²) >= 11 is 0. The highest BCUT2D eigenvalue weighted by Crippen LogP contribution is 2.31. The van der Waals surface area contributed by atoms with Crippen LogP contribution in [0.25, 0.3) is 10.9 Å². The van der Waals surface area contributed by atoms with Crippen molar-refractivity contribution < 1.29 is 23.8 Å². The first-order chi connectivity index (χ1) is 19.4. The Morgan fingerprint density at radius 1 is 0.875 bits per heavy atom. The molecule has 1 aromatic heterocycles. The van der Waals surface area contributed by atoms with E-state index in [1.807, 2.05) is 45.3 Å². The molecule has 0 spiro atoms. The maximum absolute atomic E-state index is 13.1. The van der Waals surface area contributed by atoms with Gasteiger partial charge < -0.3 is 29.7 Å². The highest BCUT2D eigenvalue weighted by atomic mass is 16.6. The van der Waals surface area contributed by atoms with Crippen LogP contribution in [0.3, 0.4) is 0 Å². The van der Waals surface area contributed by atoms with Crippen molar-refractivity contribution in [1.29, 1.82) is 0 Å². The summed E-state index contributed by atoms with van der Waals surface area (Å²) in [7, 11) is 4.06. The molecule has 40 heavy (non-hydrogen) atoms. The van der Waals surface area contributed by atoms with Gasteiger partial charge in [0.15, 0.2) is 11.5 Å². The Labute approximate surface area is 233 Å². The molecule has 3 aromatic carbocycles. The number of hydrogen-bond acceptors (Lipinski definition) is 7. The molecule has 2 amide bonds. The molecule has 0 bridgehead atoms. The Bertz CT molecular complexity index is 1550. The Morgan fingerprint density at radius 3 is 2.45 bits per heavy atom. The molecule has 0 atom stereocenters. The van der Waals surface area contributed by atoms with E-state index < -0.39 is 0 Å². The Balaban J connectivity index is 1.24. The van der Waals surface area contributed by atoms with Crippen molar-refractivity contribution in [1.82, 2.24) is 9.88 Å². The predicted octanol–water partition coefficient (Wildman–Crippen LogP) is 5.15. The van der Waals surface area contributed by atoms with Gasteiger partial charge in [0.2, 0.25) is 5.88 Å². The standard InChI is InChI=1S/C31H32N4O5/c1-20-5-9-24(32-30(36)23-7-11-27-28(18-23)39-16-15-38-27)19-26(20)34-31(37)22-6-10-25-21(17-22)8-12-29(33-25)40-14-4-13-35(2)3/h5-12,17-19H,4,13-16H2,1-3H3,(H,32,36)(H,34,37). The predicted molar refractivity (Wildman–Crippen MR) is 155 cm³/mol. The van der Waals surface area contributed by atoms with Gasteiger partial charge in [-0.2, -0.15) is 0 Å². The summed E-state index contributed by atoms with van der Waals surface area (Å²) in [4.78, 5) is 32.7. The number of nitrogens with zero attached hydrogens (tertiary/aromatic N) is 2. The van der Waals surface area contributed by atoms with Gasteiger partial charge in [-0.25, -0.2) is 4.98 Å².